The smallest absolute Gasteiger partial charge is 0.0960 e. The van der Waals surface area contributed by atoms with Gasteiger partial charge in [-0.1, -0.05) is 24.8 Å². The molecule has 1 N–H and O–H groups in total. The molecule has 0 saturated carbocycles. The molecule has 0 aliphatic heterocycles. The van der Waals surface area contributed by atoms with Crippen LogP contribution in [0.2, 0.25) is 0 Å². The van der Waals surface area contributed by atoms with Crippen LogP contribution in [0.25, 0.3) is 10.9 Å². The van der Waals surface area contributed by atoms with E-state index in [9.17, 15) is 0 Å². The van der Waals surface area contributed by atoms with E-state index in [0.29, 0.717) is 0 Å². The fraction of sp³-hybridized carbons (Fsp3) is 0.0769. The maximum atomic E-state index is 4.39. The van der Waals surface area contributed by atoms with Crippen LogP contribution in [0.4, 0.5) is 11.4 Å². The van der Waals surface area contributed by atoms with Crippen molar-refractivity contribution < 1.29 is 0 Å². The number of aromatic nitrogens is 1. The number of aliphatic imine (C=N–C) groups is 1. The van der Waals surface area contributed by atoms with E-state index in [1.807, 2.05) is 25.2 Å². The summed E-state index contributed by atoms with van der Waals surface area (Å²) in [6, 6.07) is 7.99. The second-order valence-electron chi connectivity index (χ2n) is 3.34. The number of benzene rings is 1. The van der Waals surface area contributed by atoms with Crippen LogP contribution in [-0.2, 0) is 0 Å². The molecule has 0 amide bonds. The van der Waals surface area contributed by atoms with E-state index in [0.717, 1.165) is 22.3 Å². The van der Waals surface area contributed by atoms with Crippen molar-refractivity contribution in [2.24, 2.45) is 4.99 Å². The van der Waals surface area contributed by atoms with Gasteiger partial charge in [-0.2, -0.15) is 0 Å². The Morgan fingerprint density at radius 1 is 1.44 bits per heavy atom. The van der Waals surface area contributed by atoms with Crippen molar-refractivity contribution in [3.8, 4) is 0 Å². The van der Waals surface area contributed by atoms with E-state index in [-0.39, 0.29) is 0 Å². The van der Waals surface area contributed by atoms with E-state index < -0.39 is 0 Å². The lowest BCUT2D eigenvalue weighted by Gasteiger charge is -2.03. The van der Waals surface area contributed by atoms with Gasteiger partial charge in [-0.25, -0.2) is 0 Å². The predicted octanol–water partition coefficient (Wildman–Crippen LogP) is 3.16. The van der Waals surface area contributed by atoms with Crippen LogP contribution in [0.3, 0.4) is 0 Å². The molecule has 0 spiro atoms. The molecular weight excluding hydrogens is 198 g/mol. The summed E-state index contributed by atoms with van der Waals surface area (Å²) in [6.07, 6.45) is 5.12. The first-order chi connectivity index (χ1) is 7.85. The molecule has 0 unspecified atom stereocenters. The Morgan fingerprint density at radius 3 is 3.06 bits per heavy atom. The quantitative estimate of drug-likeness (QED) is 0.792. The molecule has 1 aromatic carbocycles. The van der Waals surface area contributed by atoms with Crippen LogP contribution in [0.15, 0.2) is 48.1 Å². The Kier molecular flexibility index (Phi) is 2.96. The van der Waals surface area contributed by atoms with Gasteiger partial charge in [0.15, 0.2) is 0 Å². The zero-order valence-corrected chi connectivity index (χ0v) is 9.14. The largest absolute Gasteiger partial charge is 0.387 e. The van der Waals surface area contributed by atoms with Crippen LogP contribution in [-0.4, -0.2) is 18.2 Å². The Hall–Kier alpha value is -2.16. The van der Waals surface area contributed by atoms with Gasteiger partial charge in [0, 0.05) is 18.6 Å². The molecule has 0 atom stereocenters. The SMILES string of the molecule is C=CC=Nc1cccc2cc(NC)cnc12. The number of nitrogens with one attached hydrogen (secondary N) is 1. The third kappa shape index (κ3) is 1.93. The van der Waals surface area contributed by atoms with E-state index in [1.165, 1.54) is 0 Å². The highest BCUT2D eigenvalue weighted by atomic mass is 14.9. The maximum absolute atomic E-state index is 4.39. The fourth-order valence-electron chi connectivity index (χ4n) is 1.52. The van der Waals surface area contributed by atoms with Gasteiger partial charge >= 0.3 is 0 Å². The molecule has 1 aromatic heterocycles. The van der Waals surface area contributed by atoms with Crippen LogP contribution < -0.4 is 5.32 Å². The number of hydrogen-bond donors (Lipinski definition) is 1. The molecule has 3 heteroatoms. The van der Waals surface area contributed by atoms with Crippen molar-refractivity contribution >= 4 is 28.5 Å². The maximum Gasteiger partial charge on any atom is 0.0960 e. The molecule has 0 bridgehead atoms. The molecule has 3 nitrogen and oxygen atoms in total. The van der Waals surface area contributed by atoms with E-state index in [2.05, 4.69) is 27.9 Å². The Labute approximate surface area is 94.5 Å². The summed E-state index contributed by atoms with van der Waals surface area (Å²) in [7, 11) is 1.88. The second-order valence-corrected chi connectivity index (χ2v) is 3.34. The summed E-state index contributed by atoms with van der Waals surface area (Å²) < 4.78 is 0. The minimum Gasteiger partial charge on any atom is -0.387 e. The van der Waals surface area contributed by atoms with Crippen LogP contribution in [0.5, 0.6) is 0 Å². The average molecular weight is 211 g/mol. The number of nitrogens with zero attached hydrogens (tertiary/aromatic N) is 2. The molecule has 0 radical (unpaired) electrons. The van der Waals surface area contributed by atoms with Crippen molar-refractivity contribution in [1.29, 1.82) is 0 Å². The molecule has 16 heavy (non-hydrogen) atoms. The number of para-hydroxylation sites is 1. The molecule has 1 heterocycles. The summed E-state index contributed by atoms with van der Waals surface area (Å²) in [5, 5.41) is 4.14. The molecule has 0 aliphatic rings. The van der Waals surface area contributed by atoms with Gasteiger partial charge in [0.05, 0.1) is 23.1 Å². The normalized spacial score (nSPS) is 10.8. The summed E-state index contributed by atoms with van der Waals surface area (Å²) in [5.74, 6) is 0. The number of fused-ring (bicyclic) bond motifs is 1. The molecular formula is C13H13N3. The number of pyridine rings is 1. The van der Waals surface area contributed by atoms with Crippen LogP contribution >= 0.6 is 0 Å². The fourth-order valence-corrected chi connectivity index (χ4v) is 1.52. The monoisotopic (exact) mass is 211 g/mol. The first-order valence-electron chi connectivity index (χ1n) is 5.07. The predicted molar refractivity (Wildman–Crippen MR) is 69.6 cm³/mol. The van der Waals surface area contributed by atoms with Gasteiger partial charge in [0.25, 0.3) is 0 Å². The number of anilines is 1. The molecule has 2 rings (SSSR count). The first-order valence-corrected chi connectivity index (χ1v) is 5.07. The number of allylic oxidation sites excluding steroid dienone is 1. The van der Waals surface area contributed by atoms with E-state index in [1.54, 1.807) is 18.5 Å². The first kappa shape index (κ1) is 10.4. The number of rotatable bonds is 3. The Morgan fingerprint density at radius 2 is 2.31 bits per heavy atom. The molecule has 2 aromatic rings. The average Bonchev–Trinajstić information content (AvgIpc) is 2.35. The standard InChI is InChI=1S/C13H13N3/c1-3-7-15-12-6-4-5-10-8-11(14-2)9-16-13(10)12/h3-9,14H,1H2,2H3. The van der Waals surface area contributed by atoms with Gasteiger partial charge in [-0.05, 0) is 12.1 Å². The summed E-state index contributed by atoms with van der Waals surface area (Å²) >= 11 is 0. The molecule has 80 valence electrons. The lowest BCUT2D eigenvalue weighted by molar-refractivity contribution is 1.37. The lowest BCUT2D eigenvalue weighted by atomic mass is 10.2. The highest BCUT2D eigenvalue weighted by Gasteiger charge is 2.00. The van der Waals surface area contributed by atoms with Crippen molar-refractivity contribution in [3.05, 3.63) is 43.1 Å². The minimum absolute atomic E-state index is 0.861. The van der Waals surface area contributed by atoms with Crippen molar-refractivity contribution in [2.45, 2.75) is 0 Å². The Balaban J connectivity index is 2.59. The third-order valence-electron chi connectivity index (χ3n) is 2.30. The van der Waals surface area contributed by atoms with Crippen LogP contribution in [0, 0.1) is 0 Å². The topological polar surface area (TPSA) is 37.3 Å². The van der Waals surface area contributed by atoms with Gasteiger partial charge in [0.2, 0.25) is 0 Å². The second kappa shape index (κ2) is 4.57. The van der Waals surface area contributed by atoms with Gasteiger partial charge in [0.1, 0.15) is 0 Å². The van der Waals surface area contributed by atoms with Crippen LogP contribution in [0.1, 0.15) is 0 Å². The zero-order chi connectivity index (χ0) is 11.4. The number of hydrogen-bond acceptors (Lipinski definition) is 3. The van der Waals surface area contributed by atoms with Gasteiger partial charge in [-0.15, -0.1) is 0 Å². The zero-order valence-electron chi connectivity index (χ0n) is 9.14. The highest BCUT2D eigenvalue weighted by molar-refractivity contribution is 5.92. The summed E-state index contributed by atoms with van der Waals surface area (Å²) in [6.45, 7) is 3.60. The molecule has 0 aliphatic carbocycles. The van der Waals surface area contributed by atoms with E-state index >= 15 is 0 Å². The summed E-state index contributed by atoms with van der Waals surface area (Å²) in [5.41, 5.74) is 2.76. The summed E-state index contributed by atoms with van der Waals surface area (Å²) in [4.78, 5) is 8.68. The van der Waals surface area contributed by atoms with Gasteiger partial charge in [-0.3, -0.25) is 9.98 Å². The third-order valence-corrected chi connectivity index (χ3v) is 2.30. The molecule has 0 fully saturated rings. The lowest BCUT2D eigenvalue weighted by Crippen LogP contribution is -1.89. The van der Waals surface area contributed by atoms with E-state index in [4.69, 9.17) is 0 Å². The van der Waals surface area contributed by atoms with Crippen molar-refractivity contribution in [2.75, 3.05) is 12.4 Å². The minimum atomic E-state index is 0.861. The van der Waals surface area contributed by atoms with Crippen molar-refractivity contribution in [3.63, 3.8) is 0 Å². The van der Waals surface area contributed by atoms with Gasteiger partial charge < -0.3 is 5.32 Å². The Bertz CT molecular complexity index is 544. The highest BCUT2D eigenvalue weighted by Crippen LogP contribution is 2.25. The molecule has 0 saturated heterocycles. The van der Waals surface area contributed by atoms with Crippen molar-refractivity contribution in [1.82, 2.24) is 4.98 Å².